The smallest absolute Gasteiger partial charge is 0.0359 e. The lowest BCUT2D eigenvalue weighted by atomic mass is 9.90. The molecule has 3 unspecified atom stereocenters. The first-order valence-electron chi connectivity index (χ1n) is 7.53. The van der Waals surface area contributed by atoms with Crippen LogP contribution in [-0.2, 0) is 0 Å². The minimum Gasteiger partial charge on any atom is -0.310 e. The Morgan fingerprint density at radius 3 is 2.78 bits per heavy atom. The van der Waals surface area contributed by atoms with E-state index < -0.39 is 0 Å². The van der Waals surface area contributed by atoms with E-state index in [-0.39, 0.29) is 0 Å². The van der Waals surface area contributed by atoms with E-state index in [0.717, 1.165) is 18.4 Å². The lowest BCUT2D eigenvalue weighted by molar-refractivity contribution is 0.354. The van der Waals surface area contributed by atoms with Crippen LogP contribution < -0.4 is 5.32 Å². The number of aryl methyl sites for hydroxylation is 1. The molecule has 1 aliphatic rings. The Kier molecular flexibility index (Phi) is 5.25. The fraction of sp³-hybridized carbons (Fsp3) is 0.750. The SMILES string of the molecule is CCCNC(c1ccsc1C)C1CCC(CC)C1. The molecule has 0 bridgehead atoms. The van der Waals surface area contributed by atoms with Crippen LogP contribution in [0.3, 0.4) is 0 Å². The molecule has 18 heavy (non-hydrogen) atoms. The maximum Gasteiger partial charge on any atom is 0.0359 e. The molecule has 1 N–H and O–H groups in total. The van der Waals surface area contributed by atoms with Gasteiger partial charge in [-0.2, -0.15) is 0 Å². The summed E-state index contributed by atoms with van der Waals surface area (Å²) in [6, 6.07) is 2.94. The van der Waals surface area contributed by atoms with Crippen molar-refractivity contribution in [2.75, 3.05) is 6.54 Å². The van der Waals surface area contributed by atoms with Gasteiger partial charge in [0.2, 0.25) is 0 Å². The zero-order chi connectivity index (χ0) is 13.0. The van der Waals surface area contributed by atoms with Crippen LogP contribution in [0.15, 0.2) is 11.4 Å². The summed E-state index contributed by atoms with van der Waals surface area (Å²) >= 11 is 1.89. The van der Waals surface area contributed by atoms with E-state index in [9.17, 15) is 0 Å². The molecule has 1 saturated carbocycles. The summed E-state index contributed by atoms with van der Waals surface area (Å²) in [7, 11) is 0. The maximum atomic E-state index is 3.81. The van der Waals surface area contributed by atoms with Crippen LogP contribution in [0.2, 0.25) is 0 Å². The Morgan fingerprint density at radius 1 is 1.39 bits per heavy atom. The summed E-state index contributed by atoms with van der Waals surface area (Å²) in [4.78, 5) is 1.50. The topological polar surface area (TPSA) is 12.0 Å². The van der Waals surface area contributed by atoms with Crippen molar-refractivity contribution in [3.8, 4) is 0 Å². The molecule has 0 amide bonds. The van der Waals surface area contributed by atoms with Gasteiger partial charge in [-0.05, 0) is 61.6 Å². The summed E-state index contributed by atoms with van der Waals surface area (Å²) in [6.45, 7) is 8.02. The Morgan fingerprint density at radius 2 is 2.22 bits per heavy atom. The molecule has 3 atom stereocenters. The lowest BCUT2D eigenvalue weighted by Crippen LogP contribution is -2.28. The van der Waals surface area contributed by atoms with Crippen LogP contribution in [0, 0.1) is 18.8 Å². The second-order valence-corrected chi connectivity index (χ2v) is 6.83. The van der Waals surface area contributed by atoms with Gasteiger partial charge in [0.05, 0.1) is 0 Å². The molecule has 102 valence electrons. The summed E-state index contributed by atoms with van der Waals surface area (Å²) in [5.74, 6) is 1.83. The van der Waals surface area contributed by atoms with Crippen molar-refractivity contribution in [3.63, 3.8) is 0 Å². The van der Waals surface area contributed by atoms with E-state index in [4.69, 9.17) is 0 Å². The number of rotatable bonds is 6. The van der Waals surface area contributed by atoms with Gasteiger partial charge in [-0.3, -0.25) is 0 Å². The fourth-order valence-corrected chi connectivity index (χ4v) is 4.08. The predicted octanol–water partition coefficient (Wildman–Crippen LogP) is 4.92. The van der Waals surface area contributed by atoms with Gasteiger partial charge in [0, 0.05) is 10.9 Å². The first-order chi connectivity index (χ1) is 8.76. The van der Waals surface area contributed by atoms with Crippen molar-refractivity contribution < 1.29 is 0 Å². The number of hydrogen-bond acceptors (Lipinski definition) is 2. The Labute approximate surface area is 116 Å². The number of nitrogens with one attached hydrogen (secondary N) is 1. The van der Waals surface area contributed by atoms with Crippen molar-refractivity contribution in [2.45, 2.75) is 58.9 Å². The third kappa shape index (κ3) is 3.16. The molecule has 0 spiro atoms. The van der Waals surface area contributed by atoms with Gasteiger partial charge in [0.15, 0.2) is 0 Å². The molecule has 0 aromatic carbocycles. The predicted molar refractivity (Wildman–Crippen MR) is 81.2 cm³/mol. The normalized spacial score (nSPS) is 25.5. The van der Waals surface area contributed by atoms with Crippen LogP contribution in [0.25, 0.3) is 0 Å². The van der Waals surface area contributed by atoms with Crippen LogP contribution in [-0.4, -0.2) is 6.54 Å². The van der Waals surface area contributed by atoms with Gasteiger partial charge < -0.3 is 5.32 Å². The molecular weight excluding hydrogens is 238 g/mol. The average Bonchev–Trinajstić information content (AvgIpc) is 3.00. The van der Waals surface area contributed by atoms with Gasteiger partial charge in [-0.25, -0.2) is 0 Å². The standard InChI is InChI=1S/C16H27NS/c1-4-9-17-16(15-8-10-18-12(15)3)14-7-6-13(5-2)11-14/h8,10,13-14,16-17H,4-7,9,11H2,1-3H3. The summed E-state index contributed by atoms with van der Waals surface area (Å²) in [5, 5.41) is 6.05. The second kappa shape index (κ2) is 6.72. The van der Waals surface area contributed by atoms with Crippen LogP contribution in [0.4, 0.5) is 0 Å². The number of thiophene rings is 1. The third-order valence-electron chi connectivity index (χ3n) is 4.48. The van der Waals surface area contributed by atoms with Crippen molar-refractivity contribution in [2.24, 2.45) is 11.8 Å². The highest BCUT2D eigenvalue weighted by atomic mass is 32.1. The minimum absolute atomic E-state index is 0.604. The van der Waals surface area contributed by atoms with Crippen molar-refractivity contribution in [1.82, 2.24) is 5.32 Å². The molecule has 2 heteroatoms. The van der Waals surface area contributed by atoms with E-state index in [1.807, 2.05) is 11.3 Å². The first-order valence-corrected chi connectivity index (χ1v) is 8.41. The largest absolute Gasteiger partial charge is 0.310 e. The highest BCUT2D eigenvalue weighted by Gasteiger charge is 2.31. The van der Waals surface area contributed by atoms with E-state index in [1.54, 1.807) is 5.56 Å². The highest BCUT2D eigenvalue weighted by molar-refractivity contribution is 7.10. The number of hydrogen-bond donors (Lipinski definition) is 1. The van der Waals surface area contributed by atoms with Gasteiger partial charge >= 0.3 is 0 Å². The molecule has 1 aliphatic carbocycles. The van der Waals surface area contributed by atoms with Crippen molar-refractivity contribution in [3.05, 3.63) is 21.9 Å². The molecule has 1 nitrogen and oxygen atoms in total. The van der Waals surface area contributed by atoms with Gasteiger partial charge in [-0.1, -0.05) is 26.7 Å². The minimum atomic E-state index is 0.604. The second-order valence-electron chi connectivity index (χ2n) is 5.71. The maximum absolute atomic E-state index is 3.81. The quantitative estimate of drug-likeness (QED) is 0.769. The van der Waals surface area contributed by atoms with E-state index in [2.05, 4.69) is 37.5 Å². The molecule has 1 aromatic rings. The zero-order valence-corrected chi connectivity index (χ0v) is 12.9. The molecular formula is C16H27NS. The summed E-state index contributed by atoms with van der Waals surface area (Å²) in [6.07, 6.45) is 6.86. The first kappa shape index (κ1) is 14.1. The monoisotopic (exact) mass is 265 g/mol. The molecule has 1 fully saturated rings. The molecule has 0 aliphatic heterocycles. The summed E-state index contributed by atoms with van der Waals surface area (Å²) < 4.78 is 0. The Balaban J connectivity index is 2.08. The molecule has 1 heterocycles. The van der Waals surface area contributed by atoms with Crippen LogP contribution in [0.1, 0.15) is 62.4 Å². The van der Waals surface area contributed by atoms with Crippen molar-refractivity contribution in [1.29, 1.82) is 0 Å². The van der Waals surface area contributed by atoms with Gasteiger partial charge in [0.25, 0.3) is 0 Å². The third-order valence-corrected chi connectivity index (χ3v) is 5.34. The van der Waals surface area contributed by atoms with Crippen LogP contribution >= 0.6 is 11.3 Å². The fourth-order valence-electron chi connectivity index (χ4n) is 3.34. The highest BCUT2D eigenvalue weighted by Crippen LogP contribution is 2.41. The van der Waals surface area contributed by atoms with Crippen molar-refractivity contribution >= 4 is 11.3 Å². The van der Waals surface area contributed by atoms with E-state index >= 15 is 0 Å². The van der Waals surface area contributed by atoms with Gasteiger partial charge in [-0.15, -0.1) is 11.3 Å². The lowest BCUT2D eigenvalue weighted by Gasteiger charge is -2.25. The van der Waals surface area contributed by atoms with E-state index in [0.29, 0.717) is 6.04 Å². The Hall–Kier alpha value is -0.340. The van der Waals surface area contributed by atoms with Gasteiger partial charge in [0.1, 0.15) is 0 Å². The van der Waals surface area contributed by atoms with Crippen LogP contribution in [0.5, 0.6) is 0 Å². The molecule has 2 rings (SSSR count). The Bertz CT molecular complexity index is 358. The zero-order valence-electron chi connectivity index (χ0n) is 12.0. The molecule has 1 aromatic heterocycles. The molecule has 0 radical (unpaired) electrons. The summed E-state index contributed by atoms with van der Waals surface area (Å²) in [5.41, 5.74) is 1.57. The molecule has 0 saturated heterocycles. The average molecular weight is 265 g/mol. The van der Waals surface area contributed by atoms with E-state index in [1.165, 1.54) is 37.0 Å².